The van der Waals surface area contributed by atoms with Crippen LogP contribution in [0.1, 0.15) is 12.5 Å². The third-order valence-corrected chi connectivity index (χ3v) is 1.54. The fourth-order valence-electron chi connectivity index (χ4n) is 0.701. The first-order valence-electron chi connectivity index (χ1n) is 3.02. The summed E-state index contributed by atoms with van der Waals surface area (Å²) < 4.78 is 0. The molecule has 48 valence electrons. The van der Waals surface area contributed by atoms with Crippen molar-refractivity contribution in [3.63, 3.8) is 0 Å². The van der Waals surface area contributed by atoms with Gasteiger partial charge in [-0.15, -0.1) is 9.24 Å². The summed E-state index contributed by atoms with van der Waals surface area (Å²) in [4.78, 5) is 4.03. The molecule has 0 saturated heterocycles. The maximum atomic E-state index is 4.03. The van der Waals surface area contributed by atoms with E-state index in [0.717, 1.165) is 11.7 Å². The number of hydrogen-bond acceptors (Lipinski definition) is 1. The normalized spacial score (nSPS) is 9.56. The molecule has 0 fully saturated rings. The van der Waals surface area contributed by atoms with Gasteiger partial charge >= 0.3 is 0 Å². The van der Waals surface area contributed by atoms with Crippen molar-refractivity contribution in [3.05, 3.63) is 24.0 Å². The van der Waals surface area contributed by atoms with Crippen LogP contribution < -0.4 is 5.30 Å². The van der Waals surface area contributed by atoms with Crippen molar-refractivity contribution >= 4 is 14.5 Å². The Morgan fingerprint density at radius 3 is 2.78 bits per heavy atom. The average Bonchev–Trinajstić information content (AvgIpc) is 1.88. The van der Waals surface area contributed by atoms with E-state index in [-0.39, 0.29) is 0 Å². The highest BCUT2D eigenvalue weighted by Gasteiger charge is 1.87. The van der Waals surface area contributed by atoms with Crippen LogP contribution in [0.15, 0.2) is 18.5 Å². The van der Waals surface area contributed by atoms with Crippen molar-refractivity contribution in [1.29, 1.82) is 0 Å². The summed E-state index contributed by atoms with van der Waals surface area (Å²) in [5, 5.41) is 1.16. The smallest absolute Gasteiger partial charge is 0.0339 e. The zero-order valence-electron chi connectivity index (χ0n) is 5.46. The molecular weight excluding hydrogens is 129 g/mol. The number of pyridine rings is 1. The second-order valence-electron chi connectivity index (χ2n) is 1.98. The van der Waals surface area contributed by atoms with Gasteiger partial charge in [0.2, 0.25) is 0 Å². The van der Waals surface area contributed by atoms with Gasteiger partial charge in [-0.05, 0) is 23.4 Å². The maximum absolute atomic E-state index is 4.03. The molecule has 1 atom stereocenters. The van der Waals surface area contributed by atoms with Crippen LogP contribution in [0.4, 0.5) is 0 Å². The molecule has 0 aliphatic heterocycles. The zero-order valence-corrected chi connectivity index (χ0v) is 6.62. The van der Waals surface area contributed by atoms with Crippen LogP contribution in [0.5, 0.6) is 0 Å². The highest BCUT2D eigenvalue weighted by molar-refractivity contribution is 7.27. The van der Waals surface area contributed by atoms with Crippen molar-refractivity contribution in [2.24, 2.45) is 0 Å². The molecular formula is C7H10NP. The highest BCUT2D eigenvalue weighted by atomic mass is 31.0. The van der Waals surface area contributed by atoms with Crippen LogP contribution in [-0.2, 0) is 6.42 Å². The number of nitrogens with zero attached hydrogens (tertiary/aromatic N) is 1. The first-order chi connectivity index (χ1) is 4.33. The molecule has 1 rings (SSSR count). The lowest BCUT2D eigenvalue weighted by Crippen LogP contribution is -1.93. The molecule has 0 aliphatic rings. The van der Waals surface area contributed by atoms with Crippen molar-refractivity contribution in [2.75, 3.05) is 0 Å². The molecule has 0 amide bonds. The molecule has 0 N–H and O–H groups in total. The lowest BCUT2D eigenvalue weighted by Gasteiger charge is -1.94. The molecule has 1 aromatic heterocycles. The number of hydrogen-bond donors (Lipinski definition) is 0. The molecule has 0 bridgehead atoms. The van der Waals surface area contributed by atoms with Gasteiger partial charge in [-0.1, -0.05) is 6.92 Å². The van der Waals surface area contributed by atoms with Gasteiger partial charge in [0.15, 0.2) is 0 Å². The van der Waals surface area contributed by atoms with Gasteiger partial charge in [-0.3, -0.25) is 4.98 Å². The minimum atomic E-state index is 1.06. The van der Waals surface area contributed by atoms with Crippen molar-refractivity contribution in [1.82, 2.24) is 4.98 Å². The fraction of sp³-hybridized carbons (Fsp3) is 0.286. The Morgan fingerprint density at radius 2 is 2.33 bits per heavy atom. The van der Waals surface area contributed by atoms with E-state index < -0.39 is 0 Å². The predicted molar refractivity (Wildman–Crippen MR) is 43.0 cm³/mol. The minimum absolute atomic E-state index is 1.06. The van der Waals surface area contributed by atoms with Gasteiger partial charge < -0.3 is 0 Å². The van der Waals surface area contributed by atoms with E-state index >= 15 is 0 Å². The molecule has 1 aromatic rings. The summed E-state index contributed by atoms with van der Waals surface area (Å²) in [5.41, 5.74) is 1.29. The van der Waals surface area contributed by atoms with Crippen LogP contribution >= 0.6 is 9.24 Å². The molecule has 0 aromatic carbocycles. The maximum Gasteiger partial charge on any atom is 0.0339 e. The van der Waals surface area contributed by atoms with Crippen molar-refractivity contribution in [2.45, 2.75) is 13.3 Å². The molecule has 0 saturated carbocycles. The van der Waals surface area contributed by atoms with Crippen LogP contribution in [0.25, 0.3) is 0 Å². The van der Waals surface area contributed by atoms with Gasteiger partial charge in [0.25, 0.3) is 0 Å². The van der Waals surface area contributed by atoms with E-state index in [9.17, 15) is 0 Å². The van der Waals surface area contributed by atoms with Crippen molar-refractivity contribution in [3.8, 4) is 0 Å². The summed E-state index contributed by atoms with van der Waals surface area (Å²) in [6, 6.07) is 2.12. The summed E-state index contributed by atoms with van der Waals surface area (Å²) in [7, 11) is 2.63. The third-order valence-electron chi connectivity index (χ3n) is 1.22. The average molecular weight is 139 g/mol. The Kier molecular flexibility index (Phi) is 2.18. The van der Waals surface area contributed by atoms with E-state index in [0.29, 0.717) is 0 Å². The third kappa shape index (κ3) is 1.76. The lowest BCUT2D eigenvalue weighted by molar-refractivity contribution is 1.11. The first-order valence-corrected chi connectivity index (χ1v) is 3.60. The Bertz CT molecular complexity index is 198. The number of rotatable bonds is 1. The van der Waals surface area contributed by atoms with E-state index in [4.69, 9.17) is 0 Å². The van der Waals surface area contributed by atoms with Crippen LogP contribution in [0, 0.1) is 0 Å². The Balaban J connectivity index is 2.94. The van der Waals surface area contributed by atoms with Gasteiger partial charge in [0.1, 0.15) is 0 Å². The topological polar surface area (TPSA) is 12.9 Å². The summed E-state index contributed by atoms with van der Waals surface area (Å²) in [6.45, 7) is 2.13. The summed E-state index contributed by atoms with van der Waals surface area (Å²) >= 11 is 0. The molecule has 0 aliphatic carbocycles. The van der Waals surface area contributed by atoms with Gasteiger partial charge in [-0.2, -0.15) is 0 Å². The molecule has 1 unspecified atom stereocenters. The SMILES string of the molecule is CCc1cncc(P)c1. The largest absolute Gasteiger partial charge is 0.264 e. The van der Waals surface area contributed by atoms with Gasteiger partial charge in [0.05, 0.1) is 0 Å². The Labute approximate surface area is 57.7 Å². The number of aryl methyl sites for hydroxylation is 1. The number of aromatic nitrogens is 1. The van der Waals surface area contributed by atoms with E-state index in [1.807, 2.05) is 12.4 Å². The van der Waals surface area contributed by atoms with E-state index in [2.05, 4.69) is 27.2 Å². The standard InChI is InChI=1S/C7H10NP/c1-2-6-3-7(9)5-8-4-6/h3-5H,2,9H2,1H3. The first kappa shape index (κ1) is 6.70. The van der Waals surface area contributed by atoms with Gasteiger partial charge in [0, 0.05) is 12.4 Å². The molecule has 0 radical (unpaired) electrons. The summed E-state index contributed by atoms with van der Waals surface area (Å²) in [5.74, 6) is 0. The van der Waals surface area contributed by atoms with E-state index in [1.54, 1.807) is 0 Å². The highest BCUT2D eigenvalue weighted by Crippen LogP contribution is 1.96. The monoisotopic (exact) mass is 139 g/mol. The lowest BCUT2D eigenvalue weighted by atomic mass is 10.2. The van der Waals surface area contributed by atoms with Crippen molar-refractivity contribution < 1.29 is 0 Å². The molecule has 0 spiro atoms. The minimum Gasteiger partial charge on any atom is -0.264 e. The summed E-state index contributed by atoms with van der Waals surface area (Å²) in [6.07, 6.45) is 4.80. The zero-order chi connectivity index (χ0) is 6.69. The molecule has 9 heavy (non-hydrogen) atoms. The predicted octanol–water partition coefficient (Wildman–Crippen LogP) is 1.14. The Hall–Kier alpha value is -0.420. The fourth-order valence-corrected chi connectivity index (χ4v) is 1.00. The van der Waals surface area contributed by atoms with Crippen LogP contribution in [0.2, 0.25) is 0 Å². The molecule has 2 heteroatoms. The van der Waals surface area contributed by atoms with Crippen LogP contribution in [0.3, 0.4) is 0 Å². The van der Waals surface area contributed by atoms with Gasteiger partial charge in [-0.25, -0.2) is 0 Å². The molecule has 1 nitrogen and oxygen atoms in total. The second kappa shape index (κ2) is 2.93. The Morgan fingerprint density at radius 1 is 1.56 bits per heavy atom. The van der Waals surface area contributed by atoms with E-state index in [1.165, 1.54) is 5.56 Å². The molecule has 1 heterocycles. The second-order valence-corrected chi connectivity index (χ2v) is 2.65. The van der Waals surface area contributed by atoms with Crippen LogP contribution in [-0.4, -0.2) is 4.98 Å². The quantitative estimate of drug-likeness (QED) is 0.532.